The molecule has 0 bridgehead atoms. The Kier molecular flexibility index (Phi) is 8.05. The number of ether oxygens (including phenoxy) is 1. The lowest BCUT2D eigenvalue weighted by Crippen LogP contribution is -2.43. The molecule has 2 aromatic heterocycles. The molecule has 1 aliphatic heterocycles. The molecule has 1 aromatic carbocycles. The zero-order valence-electron chi connectivity index (χ0n) is 21.1. The molecule has 3 heterocycles. The molecular weight excluding hydrogens is 563 g/mol. The predicted octanol–water partition coefficient (Wildman–Crippen LogP) is 3.19. The van der Waals surface area contributed by atoms with Crippen LogP contribution in [0.1, 0.15) is 37.9 Å². The van der Waals surface area contributed by atoms with Gasteiger partial charge in [0.15, 0.2) is 11.6 Å². The summed E-state index contributed by atoms with van der Waals surface area (Å²) in [5.41, 5.74) is 0.751. The molecule has 218 valence electrons. The number of aromatic nitrogens is 5. The molecule has 2 fully saturated rings. The van der Waals surface area contributed by atoms with E-state index < -0.39 is 40.2 Å². The van der Waals surface area contributed by atoms with Gasteiger partial charge in [0.2, 0.25) is 27.9 Å². The van der Waals surface area contributed by atoms with Gasteiger partial charge in [0, 0.05) is 25.2 Å². The smallest absolute Gasteiger partial charge is 0.378 e. The monoisotopic (exact) mass is 590 g/mol. The lowest BCUT2D eigenvalue weighted by Gasteiger charge is -2.30. The number of sulfonamides is 1. The molecule has 5 rings (SSSR count). The Labute approximate surface area is 226 Å². The van der Waals surface area contributed by atoms with Crippen LogP contribution in [-0.4, -0.2) is 83.2 Å². The Morgan fingerprint density at radius 2 is 1.60 bits per heavy atom. The number of alkyl halides is 5. The fourth-order valence-electron chi connectivity index (χ4n) is 4.87. The minimum atomic E-state index is -4.83. The van der Waals surface area contributed by atoms with Gasteiger partial charge in [-0.05, 0) is 37.8 Å². The molecule has 2 N–H and O–H groups in total. The van der Waals surface area contributed by atoms with Crippen LogP contribution in [0.25, 0.3) is 17.0 Å². The number of hydrogen-bond acceptors (Lipinski definition) is 9. The number of morpholine rings is 1. The molecule has 1 saturated heterocycles. The number of halogens is 5. The molecule has 2 aliphatic rings. The van der Waals surface area contributed by atoms with Gasteiger partial charge in [-0.2, -0.15) is 28.1 Å². The zero-order chi connectivity index (χ0) is 28.5. The maximum Gasteiger partial charge on any atom is 0.404 e. The molecule has 0 spiro atoms. The Bertz CT molecular complexity index is 1440. The first-order valence-corrected chi connectivity index (χ1v) is 14.3. The lowest BCUT2D eigenvalue weighted by atomic mass is 9.92. The van der Waals surface area contributed by atoms with Crippen LogP contribution >= 0.6 is 0 Å². The highest BCUT2D eigenvalue weighted by Gasteiger charge is 2.37. The van der Waals surface area contributed by atoms with E-state index in [0.29, 0.717) is 63.0 Å². The van der Waals surface area contributed by atoms with E-state index >= 15 is 0 Å². The van der Waals surface area contributed by atoms with E-state index in [1.54, 1.807) is 24.3 Å². The van der Waals surface area contributed by atoms with Crippen molar-refractivity contribution in [3.05, 3.63) is 30.1 Å². The summed E-state index contributed by atoms with van der Waals surface area (Å²) in [7, 11) is -4.51. The summed E-state index contributed by atoms with van der Waals surface area (Å²) in [5, 5.41) is 3.18. The second kappa shape index (κ2) is 11.4. The number of fused-ring (bicyclic) bond motifs is 1. The fourth-order valence-corrected chi connectivity index (χ4v) is 6.13. The zero-order valence-corrected chi connectivity index (χ0v) is 21.9. The van der Waals surface area contributed by atoms with E-state index in [-0.39, 0.29) is 23.9 Å². The van der Waals surface area contributed by atoms with Gasteiger partial charge in [0.1, 0.15) is 0 Å². The number of nitrogens with one attached hydrogen (secondary N) is 2. The Morgan fingerprint density at radius 3 is 2.27 bits per heavy atom. The molecule has 0 unspecified atom stereocenters. The summed E-state index contributed by atoms with van der Waals surface area (Å²) in [5.74, 6) is -2.10. The van der Waals surface area contributed by atoms with Crippen molar-refractivity contribution in [1.82, 2.24) is 29.2 Å². The second-order valence-electron chi connectivity index (χ2n) is 9.64. The van der Waals surface area contributed by atoms with Gasteiger partial charge in [0.05, 0.1) is 24.2 Å². The van der Waals surface area contributed by atoms with Gasteiger partial charge in [-0.25, -0.2) is 26.9 Å². The third-order valence-corrected chi connectivity index (χ3v) is 8.05. The van der Waals surface area contributed by atoms with E-state index in [1.807, 2.05) is 4.90 Å². The molecule has 11 nitrogen and oxygen atoms in total. The summed E-state index contributed by atoms with van der Waals surface area (Å²) in [6.45, 7) is 1.85. The predicted molar refractivity (Wildman–Crippen MR) is 135 cm³/mol. The van der Waals surface area contributed by atoms with Gasteiger partial charge in [-0.15, -0.1) is 0 Å². The van der Waals surface area contributed by atoms with Crippen LogP contribution in [0.3, 0.4) is 0 Å². The number of benzene rings is 1. The Morgan fingerprint density at radius 1 is 0.950 bits per heavy atom. The molecular formula is C23H27F5N8O3S. The van der Waals surface area contributed by atoms with Crippen molar-refractivity contribution in [1.29, 1.82) is 0 Å². The van der Waals surface area contributed by atoms with Crippen molar-refractivity contribution in [3.63, 3.8) is 0 Å². The first-order chi connectivity index (χ1) is 19.0. The quantitative estimate of drug-likeness (QED) is 0.381. The summed E-state index contributed by atoms with van der Waals surface area (Å²) in [4.78, 5) is 19.4. The van der Waals surface area contributed by atoms with Crippen LogP contribution in [0.15, 0.2) is 24.3 Å². The topological polar surface area (TPSA) is 127 Å². The van der Waals surface area contributed by atoms with E-state index in [9.17, 15) is 30.4 Å². The van der Waals surface area contributed by atoms with E-state index in [1.165, 1.54) is 4.57 Å². The fraction of sp³-hybridized carbons (Fsp3) is 0.565. The maximum atomic E-state index is 14.0. The van der Waals surface area contributed by atoms with Crippen LogP contribution in [0.4, 0.5) is 33.8 Å². The number of para-hydroxylation sites is 2. The maximum absolute atomic E-state index is 14.0. The van der Waals surface area contributed by atoms with E-state index in [2.05, 4.69) is 30.0 Å². The van der Waals surface area contributed by atoms with Crippen molar-refractivity contribution in [2.45, 2.75) is 50.4 Å². The van der Waals surface area contributed by atoms with Crippen molar-refractivity contribution in [2.24, 2.45) is 0 Å². The average molecular weight is 591 g/mol. The summed E-state index contributed by atoms with van der Waals surface area (Å²) in [6.07, 6.45) is -6.30. The van der Waals surface area contributed by atoms with E-state index in [0.717, 1.165) is 0 Å². The van der Waals surface area contributed by atoms with Crippen molar-refractivity contribution in [3.8, 4) is 5.95 Å². The Balaban J connectivity index is 1.39. The molecule has 3 aromatic rings. The largest absolute Gasteiger partial charge is 0.404 e. The van der Waals surface area contributed by atoms with E-state index in [4.69, 9.17) is 4.74 Å². The Hall–Kier alpha value is -3.18. The third kappa shape index (κ3) is 6.75. The molecule has 0 atom stereocenters. The molecule has 40 heavy (non-hydrogen) atoms. The van der Waals surface area contributed by atoms with Crippen molar-refractivity contribution < 1.29 is 35.1 Å². The highest BCUT2D eigenvalue weighted by molar-refractivity contribution is 7.89. The third-order valence-electron chi connectivity index (χ3n) is 6.65. The summed E-state index contributed by atoms with van der Waals surface area (Å²) < 4.78 is 98.1. The summed E-state index contributed by atoms with van der Waals surface area (Å²) in [6, 6.07) is 5.77. The number of imidazole rings is 1. The van der Waals surface area contributed by atoms with Gasteiger partial charge in [-0.3, -0.25) is 4.57 Å². The normalized spacial score (nSPS) is 20.8. The average Bonchev–Trinajstić information content (AvgIpc) is 3.29. The van der Waals surface area contributed by atoms with Crippen molar-refractivity contribution in [2.75, 3.05) is 42.3 Å². The molecule has 1 saturated carbocycles. The van der Waals surface area contributed by atoms with Crippen molar-refractivity contribution >= 4 is 33.0 Å². The first kappa shape index (κ1) is 28.4. The minimum Gasteiger partial charge on any atom is -0.378 e. The van der Waals surface area contributed by atoms with Crippen LogP contribution in [0, 0.1) is 0 Å². The van der Waals surface area contributed by atoms with Crippen LogP contribution in [0.5, 0.6) is 0 Å². The number of rotatable bonds is 8. The van der Waals surface area contributed by atoms with Gasteiger partial charge < -0.3 is 15.0 Å². The van der Waals surface area contributed by atoms with Gasteiger partial charge in [0.25, 0.3) is 6.43 Å². The highest BCUT2D eigenvalue weighted by Crippen LogP contribution is 2.29. The number of nitrogens with zero attached hydrogens (tertiary/aromatic N) is 6. The molecule has 0 radical (unpaired) electrons. The van der Waals surface area contributed by atoms with Gasteiger partial charge in [-0.1, -0.05) is 12.1 Å². The standard InChI is InChI=1S/C23H27F5N8O3S/c24-18(25)19-30-16-3-1-2-4-17(16)36(19)22-32-20(31-21(33-22)35-9-11-39-12-10-35)29-14-5-7-15(8-6-14)34-40(37,38)13-23(26,27)28/h1-4,14-15,18,34H,5-13H2,(H,29,31,32,33)/t14-,15-. The molecule has 17 heteroatoms. The van der Waals surface area contributed by atoms with Crippen LogP contribution in [0.2, 0.25) is 0 Å². The van der Waals surface area contributed by atoms with Gasteiger partial charge >= 0.3 is 6.18 Å². The highest BCUT2D eigenvalue weighted by atomic mass is 32.2. The SMILES string of the molecule is O=S(=O)(CC(F)(F)F)N[C@H]1CC[C@H](Nc2nc(N3CCOCC3)nc(-n3c(C(F)F)nc4ccccc43)n2)CC1. The van der Waals surface area contributed by atoms with Crippen LogP contribution < -0.4 is 14.9 Å². The molecule has 0 amide bonds. The van der Waals surface area contributed by atoms with Crippen LogP contribution in [-0.2, 0) is 14.8 Å². The molecule has 1 aliphatic carbocycles. The second-order valence-corrected chi connectivity index (χ2v) is 11.4. The lowest BCUT2D eigenvalue weighted by molar-refractivity contribution is -0.106. The first-order valence-electron chi connectivity index (χ1n) is 12.7. The number of hydrogen-bond donors (Lipinski definition) is 2. The number of anilines is 2. The summed E-state index contributed by atoms with van der Waals surface area (Å²) >= 11 is 0. The minimum absolute atomic E-state index is 0.0448.